The normalized spacial score (nSPS) is 12.0. The third kappa shape index (κ3) is 4.25. The van der Waals surface area contributed by atoms with Crippen LogP contribution in [0.2, 0.25) is 0 Å². The van der Waals surface area contributed by atoms with Crippen LogP contribution in [0, 0.1) is 0 Å². The van der Waals surface area contributed by atoms with Gasteiger partial charge in [-0.1, -0.05) is 30.3 Å². The van der Waals surface area contributed by atoms with E-state index in [9.17, 15) is 9.59 Å². The number of aromatic amines is 1. The van der Waals surface area contributed by atoms with E-state index in [4.69, 9.17) is 11.5 Å². The Morgan fingerprint density at radius 1 is 1.24 bits per heavy atom. The van der Waals surface area contributed by atoms with Crippen LogP contribution < -0.4 is 11.5 Å². The fraction of sp³-hybridized carbons (Fsp3) is 0.267. The second-order valence-corrected chi connectivity index (χ2v) is 4.88. The molecule has 21 heavy (non-hydrogen) atoms. The van der Waals surface area contributed by atoms with Crippen LogP contribution in [0.15, 0.2) is 36.5 Å². The molecule has 0 spiro atoms. The Morgan fingerprint density at radius 2 is 1.95 bits per heavy atom. The summed E-state index contributed by atoms with van der Waals surface area (Å²) in [6, 6.07) is 8.92. The smallest absolute Gasteiger partial charge is 0.217 e. The summed E-state index contributed by atoms with van der Waals surface area (Å²) < 4.78 is 0. The van der Waals surface area contributed by atoms with E-state index in [0.29, 0.717) is 18.5 Å². The SMILES string of the molecule is NC(=O)CCc1cnc(C(=O)[C@@H](N)Cc2ccccc2)[nH]1. The number of Topliss-reactive ketones (excluding diaryl/α,β-unsaturated/α-hetero) is 1. The highest BCUT2D eigenvalue weighted by atomic mass is 16.1. The molecule has 0 bridgehead atoms. The molecule has 0 fully saturated rings. The molecule has 2 rings (SSSR count). The van der Waals surface area contributed by atoms with E-state index in [1.165, 1.54) is 6.20 Å². The van der Waals surface area contributed by atoms with Crippen molar-refractivity contribution in [2.24, 2.45) is 11.5 Å². The fourth-order valence-corrected chi connectivity index (χ4v) is 2.01. The van der Waals surface area contributed by atoms with Gasteiger partial charge in [-0.3, -0.25) is 9.59 Å². The number of amides is 1. The molecule has 1 heterocycles. The molecular weight excluding hydrogens is 268 g/mol. The molecule has 1 atom stereocenters. The quantitative estimate of drug-likeness (QED) is 0.646. The van der Waals surface area contributed by atoms with Gasteiger partial charge in [-0.2, -0.15) is 0 Å². The lowest BCUT2D eigenvalue weighted by Gasteiger charge is -2.08. The minimum absolute atomic E-state index is 0.214. The molecule has 0 saturated heterocycles. The molecule has 6 nitrogen and oxygen atoms in total. The highest BCUT2D eigenvalue weighted by Crippen LogP contribution is 2.07. The number of carbonyl (C=O) groups excluding carboxylic acids is 2. The molecule has 0 unspecified atom stereocenters. The Labute approximate surface area is 122 Å². The Bertz CT molecular complexity index is 622. The Balaban J connectivity index is 1.97. The van der Waals surface area contributed by atoms with Crippen molar-refractivity contribution < 1.29 is 9.59 Å². The summed E-state index contributed by atoms with van der Waals surface area (Å²) in [7, 11) is 0. The lowest BCUT2D eigenvalue weighted by atomic mass is 10.0. The number of aromatic nitrogens is 2. The molecule has 1 aromatic heterocycles. The lowest BCUT2D eigenvalue weighted by Crippen LogP contribution is -2.33. The molecule has 2 aromatic rings. The molecule has 6 heteroatoms. The third-order valence-corrected chi connectivity index (χ3v) is 3.14. The maximum Gasteiger partial charge on any atom is 0.217 e. The van der Waals surface area contributed by atoms with Gasteiger partial charge < -0.3 is 16.5 Å². The third-order valence-electron chi connectivity index (χ3n) is 3.14. The number of ketones is 1. The van der Waals surface area contributed by atoms with Crippen LogP contribution in [0.5, 0.6) is 0 Å². The van der Waals surface area contributed by atoms with Gasteiger partial charge in [0.2, 0.25) is 11.7 Å². The molecule has 1 aromatic carbocycles. The lowest BCUT2D eigenvalue weighted by molar-refractivity contribution is -0.118. The van der Waals surface area contributed by atoms with E-state index >= 15 is 0 Å². The van der Waals surface area contributed by atoms with Gasteiger partial charge in [-0.25, -0.2) is 4.98 Å². The average molecular weight is 286 g/mol. The largest absolute Gasteiger partial charge is 0.370 e. The van der Waals surface area contributed by atoms with Crippen molar-refractivity contribution in [2.45, 2.75) is 25.3 Å². The van der Waals surface area contributed by atoms with Crippen molar-refractivity contribution in [3.8, 4) is 0 Å². The van der Waals surface area contributed by atoms with Crippen LogP contribution in [-0.4, -0.2) is 27.7 Å². The van der Waals surface area contributed by atoms with Gasteiger partial charge in [0, 0.05) is 18.3 Å². The van der Waals surface area contributed by atoms with Crippen molar-refractivity contribution in [3.63, 3.8) is 0 Å². The Hall–Kier alpha value is -2.47. The summed E-state index contributed by atoms with van der Waals surface area (Å²) in [5.74, 6) is -0.416. The summed E-state index contributed by atoms with van der Waals surface area (Å²) in [5.41, 5.74) is 12.7. The molecule has 1 amide bonds. The molecule has 5 N–H and O–H groups in total. The number of hydrogen-bond acceptors (Lipinski definition) is 4. The van der Waals surface area contributed by atoms with Crippen molar-refractivity contribution in [3.05, 3.63) is 53.6 Å². The van der Waals surface area contributed by atoms with Crippen LogP contribution in [0.1, 0.15) is 28.3 Å². The highest BCUT2D eigenvalue weighted by molar-refractivity contribution is 5.97. The Morgan fingerprint density at radius 3 is 2.62 bits per heavy atom. The minimum atomic E-state index is -0.650. The van der Waals surface area contributed by atoms with Crippen LogP contribution in [0.4, 0.5) is 0 Å². The van der Waals surface area contributed by atoms with Gasteiger partial charge in [0.15, 0.2) is 5.82 Å². The maximum atomic E-state index is 12.2. The van der Waals surface area contributed by atoms with Crippen molar-refractivity contribution >= 4 is 11.7 Å². The fourth-order valence-electron chi connectivity index (χ4n) is 2.01. The summed E-state index contributed by atoms with van der Waals surface area (Å²) >= 11 is 0. The number of rotatable bonds is 7. The number of nitrogens with two attached hydrogens (primary N) is 2. The molecule has 0 saturated carbocycles. The summed E-state index contributed by atoms with van der Waals surface area (Å²) in [6.07, 6.45) is 2.64. The first kappa shape index (κ1) is 14.9. The van der Waals surface area contributed by atoms with Crippen molar-refractivity contribution in [2.75, 3.05) is 0 Å². The highest BCUT2D eigenvalue weighted by Gasteiger charge is 2.19. The summed E-state index contributed by atoms with van der Waals surface area (Å²) in [6.45, 7) is 0. The number of benzene rings is 1. The first-order chi connectivity index (χ1) is 10.1. The first-order valence-corrected chi connectivity index (χ1v) is 6.72. The second kappa shape index (κ2) is 6.81. The number of hydrogen-bond donors (Lipinski definition) is 3. The number of aryl methyl sites for hydroxylation is 1. The van der Waals surface area contributed by atoms with Gasteiger partial charge in [0.05, 0.1) is 6.04 Å². The second-order valence-electron chi connectivity index (χ2n) is 4.88. The van der Waals surface area contributed by atoms with Gasteiger partial charge in [0.1, 0.15) is 0 Å². The summed E-state index contributed by atoms with van der Waals surface area (Å²) in [5, 5.41) is 0. The van der Waals surface area contributed by atoms with Gasteiger partial charge in [-0.05, 0) is 18.4 Å². The van der Waals surface area contributed by atoms with Gasteiger partial charge >= 0.3 is 0 Å². The van der Waals surface area contributed by atoms with Gasteiger partial charge in [-0.15, -0.1) is 0 Å². The number of nitrogens with one attached hydrogen (secondary N) is 1. The molecule has 0 aliphatic carbocycles. The number of carbonyl (C=O) groups is 2. The predicted octanol–water partition coefficient (Wildman–Crippen LogP) is 0.580. The van der Waals surface area contributed by atoms with Crippen LogP contribution in [-0.2, 0) is 17.6 Å². The van der Waals surface area contributed by atoms with E-state index in [0.717, 1.165) is 5.56 Å². The zero-order chi connectivity index (χ0) is 15.2. The number of imidazole rings is 1. The molecule has 110 valence electrons. The number of primary amides is 1. The van der Waals surface area contributed by atoms with E-state index in [-0.39, 0.29) is 18.0 Å². The minimum Gasteiger partial charge on any atom is -0.370 e. The Kier molecular flexibility index (Phi) is 4.84. The van der Waals surface area contributed by atoms with Crippen LogP contribution in [0.3, 0.4) is 0 Å². The molecule has 0 aliphatic heterocycles. The monoisotopic (exact) mass is 286 g/mol. The van der Waals surface area contributed by atoms with Crippen LogP contribution in [0.25, 0.3) is 0 Å². The first-order valence-electron chi connectivity index (χ1n) is 6.72. The van der Waals surface area contributed by atoms with E-state index < -0.39 is 11.9 Å². The van der Waals surface area contributed by atoms with Crippen molar-refractivity contribution in [1.82, 2.24) is 9.97 Å². The molecule has 0 radical (unpaired) electrons. The number of nitrogens with zero attached hydrogens (tertiary/aromatic N) is 1. The summed E-state index contributed by atoms with van der Waals surface area (Å²) in [4.78, 5) is 29.8. The average Bonchev–Trinajstić information content (AvgIpc) is 2.94. The molecule has 0 aliphatic rings. The predicted molar refractivity (Wildman–Crippen MR) is 78.6 cm³/mol. The van der Waals surface area contributed by atoms with Crippen molar-refractivity contribution in [1.29, 1.82) is 0 Å². The van der Waals surface area contributed by atoms with E-state index in [1.54, 1.807) is 0 Å². The zero-order valence-corrected chi connectivity index (χ0v) is 11.6. The van der Waals surface area contributed by atoms with Gasteiger partial charge in [0.25, 0.3) is 0 Å². The standard InChI is InChI=1S/C15H18N4O2/c16-12(8-10-4-2-1-3-5-10)14(21)15-18-9-11(19-15)6-7-13(17)20/h1-5,9,12H,6-8,16H2,(H2,17,20)(H,18,19)/t12-/m0/s1. The van der Waals surface area contributed by atoms with Crippen LogP contribution >= 0.6 is 0 Å². The number of H-pyrrole nitrogens is 1. The maximum absolute atomic E-state index is 12.2. The van der Waals surface area contributed by atoms with E-state index in [1.807, 2.05) is 30.3 Å². The van der Waals surface area contributed by atoms with E-state index in [2.05, 4.69) is 9.97 Å². The topological polar surface area (TPSA) is 115 Å². The zero-order valence-electron chi connectivity index (χ0n) is 11.6. The molecular formula is C15H18N4O2.